The minimum atomic E-state index is -0.0368. The Morgan fingerprint density at radius 3 is 0.812 bits per heavy atom. The van der Waals surface area contributed by atoms with Crippen LogP contribution >= 0.6 is 0 Å². The first-order valence-electron chi connectivity index (χ1n) is 46.8. The molecular weight excluding hydrogens is 1550 g/mol. The third-order valence-corrected chi connectivity index (χ3v) is 34.0. The number of aryl methyl sites for hydroxylation is 14. The van der Waals surface area contributed by atoms with Gasteiger partial charge in [-0.1, -0.05) is 269 Å². The second-order valence-corrected chi connectivity index (χ2v) is 43.1. The minimum Gasteiger partial charge on any atom is -0.201 e. The number of rotatable bonds is 4. The molecule has 4 aliphatic rings. The fourth-order valence-electron chi connectivity index (χ4n) is 23.1. The molecule has 0 aliphatic heterocycles. The van der Waals surface area contributed by atoms with Crippen molar-refractivity contribution in [2.24, 2.45) is 28.2 Å². The predicted octanol–water partition coefficient (Wildman–Crippen LogP) is 30.0. The SMILES string of the molecule is Cc1cc(-c2c(C)ccc3c2C(C)(C)C(C)(C)c2cc4ccccc4cc2-3)[n+](C)cc1C.Cc1cc(-c2c(C)ccc3c2C(C)(C)C(C)(C)c2ccc4ccccc4c2-3)[n+](C)cc1C.Cc1cc(-c2ccc3c(c2C)C(C)(C)C(C)(C)c2cc4ccccc4cc2-3)[n+](C)cc1C.Cc1cc(-c2ccc3c(c2C)C(C)(C)C(C)(C)c2ccc4ccccc4c2-3)[n+](C)cc1C. The first-order valence-corrected chi connectivity index (χ1v) is 46.8. The van der Waals surface area contributed by atoms with Crippen molar-refractivity contribution in [1.82, 2.24) is 0 Å². The summed E-state index contributed by atoms with van der Waals surface area (Å²) in [6.45, 7) is 65.7. The second-order valence-electron chi connectivity index (χ2n) is 43.1. The number of pyridine rings is 4. The Labute approximate surface area is 765 Å². The van der Waals surface area contributed by atoms with Crippen LogP contribution in [0.25, 0.3) is 133 Å². The van der Waals surface area contributed by atoms with E-state index >= 15 is 0 Å². The van der Waals surface area contributed by atoms with Crippen molar-refractivity contribution in [3.05, 3.63) is 354 Å². The molecule has 4 heterocycles. The monoisotopic (exact) mass is 1680 g/mol. The van der Waals surface area contributed by atoms with Crippen LogP contribution in [-0.2, 0) is 71.5 Å². The summed E-state index contributed by atoms with van der Waals surface area (Å²) in [5.74, 6) is 0. The molecule has 0 fully saturated rings. The maximum Gasteiger partial charge on any atom is 0.213 e. The molecule has 16 aromatic rings. The molecule has 4 nitrogen and oxygen atoms in total. The molecule has 20 rings (SSSR count). The molecule has 4 heteroatoms. The van der Waals surface area contributed by atoms with Crippen LogP contribution in [0.4, 0.5) is 0 Å². The van der Waals surface area contributed by atoms with Gasteiger partial charge in [0.2, 0.25) is 22.8 Å². The van der Waals surface area contributed by atoms with Crippen LogP contribution in [0.15, 0.2) is 243 Å². The number of nitrogens with zero attached hydrogens (tertiary/aromatic N) is 4. The summed E-state index contributed by atoms with van der Waals surface area (Å²) in [5, 5.41) is 10.6. The van der Waals surface area contributed by atoms with Gasteiger partial charge in [0.15, 0.2) is 24.8 Å². The van der Waals surface area contributed by atoms with Crippen molar-refractivity contribution >= 4 is 43.1 Å². The van der Waals surface area contributed by atoms with Crippen LogP contribution in [0.2, 0.25) is 0 Å². The lowest BCUT2D eigenvalue weighted by Crippen LogP contribution is -2.44. The summed E-state index contributed by atoms with van der Waals surface area (Å²) < 4.78 is 9.18. The molecule has 0 saturated heterocycles. The highest BCUT2D eigenvalue weighted by molar-refractivity contribution is 6.04. The van der Waals surface area contributed by atoms with Crippen LogP contribution in [0, 0.1) is 83.1 Å². The van der Waals surface area contributed by atoms with Crippen molar-refractivity contribution in [1.29, 1.82) is 0 Å². The predicted molar refractivity (Wildman–Crippen MR) is 545 cm³/mol. The van der Waals surface area contributed by atoms with Gasteiger partial charge in [0.1, 0.15) is 28.2 Å². The highest BCUT2D eigenvalue weighted by Crippen LogP contribution is 2.63. The maximum atomic E-state index is 2.44. The third kappa shape index (κ3) is 13.4. The van der Waals surface area contributed by atoms with E-state index in [4.69, 9.17) is 0 Å². The van der Waals surface area contributed by atoms with Gasteiger partial charge in [-0.3, -0.25) is 0 Å². The van der Waals surface area contributed by atoms with Crippen molar-refractivity contribution in [2.45, 2.75) is 237 Å². The smallest absolute Gasteiger partial charge is 0.201 e. The molecule has 0 spiro atoms. The van der Waals surface area contributed by atoms with Gasteiger partial charge < -0.3 is 0 Å². The number of hydrogen-bond acceptors (Lipinski definition) is 0. The Morgan fingerprint density at radius 1 is 0.180 bits per heavy atom. The van der Waals surface area contributed by atoms with Gasteiger partial charge in [0.25, 0.3) is 0 Å². The molecule has 0 bridgehead atoms. The zero-order chi connectivity index (χ0) is 92.0. The Bertz CT molecular complexity index is 7310. The van der Waals surface area contributed by atoms with Gasteiger partial charge in [-0.2, -0.15) is 0 Å². The molecule has 0 amide bonds. The highest BCUT2D eigenvalue weighted by Gasteiger charge is 2.53. The lowest BCUT2D eigenvalue weighted by molar-refractivity contribution is -0.661. The molecule has 12 aromatic carbocycles. The zero-order valence-corrected chi connectivity index (χ0v) is 82.9. The van der Waals surface area contributed by atoms with Gasteiger partial charge in [-0.25, -0.2) is 18.3 Å². The van der Waals surface area contributed by atoms with Crippen molar-refractivity contribution in [2.75, 3.05) is 0 Å². The highest BCUT2D eigenvalue weighted by atomic mass is 14.9. The van der Waals surface area contributed by atoms with Gasteiger partial charge >= 0.3 is 0 Å². The molecule has 0 saturated carbocycles. The van der Waals surface area contributed by atoms with Crippen LogP contribution in [0.1, 0.15) is 222 Å². The standard InChI is InChI=1S/4C31H34N/c1-19-17-27(32(8)18-20(19)2)23-14-15-25-28-24-12-10-9-11-22(24)13-16-26(28)30(4,5)31(6,7)29(25)21(23)3;1-19-13-15-24-28-23-12-10-9-11-22(23)14-16-25(28)30(4,5)31(6,7)29(24)27(19)26-17-20(2)21(3)18-32(26)8;1-19-15-28(32(8)18-20(19)2)24-13-14-25-26-16-22-11-9-10-12-23(22)17-27(26)30(4,5)31(6,7)29(25)21(24)3;1-19-13-14-24-25-16-22-11-9-10-12-23(22)17-26(25)30(4,5)31(6,7)29(24)28(19)27-15-20(2)21(3)18-32(27)8/h4*9-18H,1-8H3/q4*+1. The summed E-state index contributed by atoms with van der Waals surface area (Å²) in [6.07, 6.45) is 9.04. The number of hydrogen-bond donors (Lipinski definition) is 0. The Kier molecular flexibility index (Phi) is 21.4. The average molecular weight is 1680 g/mol. The largest absolute Gasteiger partial charge is 0.213 e. The molecule has 4 aliphatic carbocycles. The Hall–Kier alpha value is -11.7. The average Bonchev–Trinajstić information content (AvgIpc) is 0.665. The van der Waals surface area contributed by atoms with E-state index < -0.39 is 0 Å². The van der Waals surface area contributed by atoms with Crippen LogP contribution in [-0.4, -0.2) is 0 Å². The van der Waals surface area contributed by atoms with Gasteiger partial charge in [0.05, 0.1) is 11.1 Å². The maximum absolute atomic E-state index is 2.44. The third-order valence-electron chi connectivity index (χ3n) is 34.0. The summed E-state index contributed by atoms with van der Waals surface area (Å²) in [4.78, 5) is 0. The van der Waals surface area contributed by atoms with Crippen LogP contribution in [0.5, 0.6) is 0 Å². The zero-order valence-electron chi connectivity index (χ0n) is 82.9. The Morgan fingerprint density at radius 2 is 0.438 bits per heavy atom. The lowest BCUT2D eigenvalue weighted by Gasteiger charge is -2.49. The van der Waals surface area contributed by atoms with E-state index in [0.29, 0.717) is 0 Å². The summed E-state index contributed by atoms with van der Waals surface area (Å²) in [5.41, 5.74) is 49.6. The van der Waals surface area contributed by atoms with E-state index in [0.717, 1.165) is 0 Å². The van der Waals surface area contributed by atoms with Crippen LogP contribution in [0.3, 0.4) is 0 Å². The fraction of sp³-hybridized carbons (Fsp3) is 0.323. The van der Waals surface area contributed by atoms with Crippen molar-refractivity contribution in [3.63, 3.8) is 0 Å². The van der Waals surface area contributed by atoms with E-state index in [1.807, 2.05) is 0 Å². The minimum absolute atomic E-state index is 0.00377. The number of aromatic nitrogens is 4. The quantitative estimate of drug-likeness (QED) is 0.156. The molecule has 128 heavy (non-hydrogen) atoms. The summed E-state index contributed by atoms with van der Waals surface area (Å²) >= 11 is 0. The van der Waals surface area contributed by atoms with Gasteiger partial charge in [-0.05, 0) is 329 Å². The van der Waals surface area contributed by atoms with E-state index in [2.05, 4.69) is 484 Å². The van der Waals surface area contributed by atoms with Gasteiger partial charge in [-0.15, -0.1) is 0 Å². The molecule has 648 valence electrons. The van der Waals surface area contributed by atoms with E-state index in [1.165, 1.54) is 244 Å². The second kappa shape index (κ2) is 31.0. The van der Waals surface area contributed by atoms with E-state index in [9.17, 15) is 0 Å². The number of fused-ring (bicyclic) bond motifs is 18. The van der Waals surface area contributed by atoms with Crippen molar-refractivity contribution in [3.8, 4) is 89.5 Å². The topological polar surface area (TPSA) is 15.5 Å². The fourth-order valence-corrected chi connectivity index (χ4v) is 23.1. The normalized spacial score (nSPS) is 16.0. The number of benzene rings is 12. The summed E-state index contributed by atoms with van der Waals surface area (Å²) in [7, 11) is 8.70. The van der Waals surface area contributed by atoms with Gasteiger partial charge in [0, 0.05) is 68.5 Å². The Balaban J connectivity index is 0.000000120. The van der Waals surface area contributed by atoms with Crippen molar-refractivity contribution < 1.29 is 18.3 Å². The molecule has 4 aromatic heterocycles. The molecule has 0 N–H and O–H groups in total. The van der Waals surface area contributed by atoms with Crippen LogP contribution < -0.4 is 18.3 Å². The van der Waals surface area contributed by atoms with E-state index in [-0.39, 0.29) is 43.3 Å². The molecular formula is C124H136N4+4. The first-order chi connectivity index (χ1) is 60.2. The molecule has 0 atom stereocenters. The molecule has 0 unspecified atom stereocenters. The first kappa shape index (κ1) is 88.3. The molecule has 0 radical (unpaired) electrons. The summed E-state index contributed by atoms with van der Waals surface area (Å²) in [6, 6.07) is 82.5. The lowest BCUT2D eigenvalue weighted by atomic mass is 9.54. The van der Waals surface area contributed by atoms with E-state index in [1.54, 1.807) is 0 Å².